The zero-order chi connectivity index (χ0) is 31.5. The Kier molecular flexibility index (Phi) is 8.56. The average molecular weight is 595 g/mol. The van der Waals surface area contributed by atoms with Crippen LogP contribution >= 0.6 is 0 Å². The van der Waals surface area contributed by atoms with Crippen molar-refractivity contribution in [2.45, 2.75) is 52.6 Å². The second-order valence-electron chi connectivity index (χ2n) is 12.4. The Labute approximate surface area is 256 Å². The number of likely N-dealkylation sites (tertiary alicyclic amines) is 1. The smallest absolute Gasteiger partial charge is 0.335 e. The molecule has 1 fully saturated rings. The van der Waals surface area contributed by atoms with Crippen LogP contribution in [-0.2, 0) is 11.3 Å². The normalized spacial score (nSPS) is 14.5. The van der Waals surface area contributed by atoms with Crippen molar-refractivity contribution in [3.8, 4) is 23.3 Å². The van der Waals surface area contributed by atoms with Gasteiger partial charge in [-0.05, 0) is 82.3 Å². The molecular weight excluding hydrogens is 556 g/mol. The van der Waals surface area contributed by atoms with Gasteiger partial charge in [0.1, 0.15) is 35.0 Å². The van der Waals surface area contributed by atoms with E-state index in [1.54, 1.807) is 34.9 Å². The summed E-state index contributed by atoms with van der Waals surface area (Å²) in [6.45, 7) is 10.3. The number of aromatic nitrogens is 4. The molecule has 0 unspecified atom stereocenters. The number of fused-ring (bicyclic) bond motifs is 1. The summed E-state index contributed by atoms with van der Waals surface area (Å²) in [5, 5.41) is 12.7. The van der Waals surface area contributed by atoms with Crippen LogP contribution in [0.3, 0.4) is 0 Å². The Balaban J connectivity index is 1.37. The van der Waals surface area contributed by atoms with Crippen molar-refractivity contribution in [3.63, 3.8) is 0 Å². The number of nitrogens with zero attached hydrogens (tertiary/aromatic N) is 6. The van der Waals surface area contributed by atoms with Crippen LogP contribution in [0.25, 0.3) is 16.9 Å². The van der Waals surface area contributed by atoms with Gasteiger partial charge in [-0.15, -0.1) is 0 Å². The van der Waals surface area contributed by atoms with E-state index in [1.165, 1.54) is 10.9 Å². The van der Waals surface area contributed by atoms with Crippen LogP contribution in [0.4, 0.5) is 5.82 Å². The number of imidazole rings is 1. The lowest BCUT2D eigenvalue weighted by molar-refractivity contribution is -0.117. The molecule has 0 spiro atoms. The van der Waals surface area contributed by atoms with Crippen LogP contribution in [-0.4, -0.2) is 55.1 Å². The second kappa shape index (κ2) is 12.3. The van der Waals surface area contributed by atoms with Gasteiger partial charge in [0.05, 0.1) is 5.69 Å². The first kappa shape index (κ1) is 30.5. The summed E-state index contributed by atoms with van der Waals surface area (Å²) >= 11 is 0. The second-order valence-corrected chi connectivity index (χ2v) is 12.4. The molecule has 2 aromatic carbocycles. The SMILES string of the molecule is CC(C)(CNC(=O)C(C#N)=CC(C)(C)N1CCCC1)Cn1c(=O)n(-c2ccc(Oc3ccccc3)cc2)c2c(N)ncnc21. The van der Waals surface area contributed by atoms with Crippen molar-refractivity contribution in [2.75, 3.05) is 25.4 Å². The van der Waals surface area contributed by atoms with Crippen molar-refractivity contribution < 1.29 is 9.53 Å². The largest absolute Gasteiger partial charge is 0.457 e. The Bertz CT molecular complexity index is 1770. The molecular formula is C33H38N8O3. The first-order chi connectivity index (χ1) is 21.0. The molecule has 0 atom stereocenters. The fourth-order valence-corrected chi connectivity index (χ4v) is 5.56. The molecule has 1 amide bonds. The van der Waals surface area contributed by atoms with E-state index in [0.29, 0.717) is 28.4 Å². The summed E-state index contributed by atoms with van der Waals surface area (Å²) < 4.78 is 8.94. The third-order valence-electron chi connectivity index (χ3n) is 7.90. The Hall–Kier alpha value is -4.95. The molecule has 1 aliphatic rings. The average Bonchev–Trinajstić information content (AvgIpc) is 3.65. The Morgan fingerprint density at radius 3 is 2.36 bits per heavy atom. The molecule has 0 saturated carbocycles. The summed E-state index contributed by atoms with van der Waals surface area (Å²) in [5.74, 6) is 1.05. The molecule has 11 heteroatoms. The van der Waals surface area contributed by atoms with Crippen LogP contribution in [0.5, 0.6) is 11.5 Å². The van der Waals surface area contributed by atoms with Gasteiger partial charge in [-0.3, -0.25) is 18.8 Å². The molecule has 2 aromatic heterocycles. The number of hydrogen-bond acceptors (Lipinski definition) is 8. The van der Waals surface area contributed by atoms with E-state index < -0.39 is 16.9 Å². The van der Waals surface area contributed by atoms with E-state index in [4.69, 9.17) is 10.5 Å². The third kappa shape index (κ3) is 6.50. The number of hydrogen-bond donors (Lipinski definition) is 2. The van der Waals surface area contributed by atoms with E-state index in [-0.39, 0.29) is 30.2 Å². The standard InChI is InChI=1S/C33H38N8O3/c1-32(2,20-36-30(42)23(19-34)18-33(3,4)39-16-8-9-17-39)21-40-29-27(28(35)37-22-38-29)41(31(40)43)24-12-14-26(15-13-24)44-25-10-6-5-7-11-25/h5-7,10-15,18,22H,8-9,16-17,20-21H2,1-4H3,(H,36,42)(H2,35,37,38). The van der Waals surface area contributed by atoms with Crippen molar-refractivity contribution in [1.29, 1.82) is 5.26 Å². The van der Waals surface area contributed by atoms with Crippen LogP contribution in [0, 0.1) is 16.7 Å². The van der Waals surface area contributed by atoms with E-state index in [1.807, 2.05) is 58.0 Å². The molecule has 3 heterocycles. The van der Waals surface area contributed by atoms with Crippen LogP contribution in [0.2, 0.25) is 0 Å². The minimum absolute atomic E-state index is 0.0756. The predicted molar refractivity (Wildman–Crippen MR) is 169 cm³/mol. The quantitative estimate of drug-likeness (QED) is 0.203. The van der Waals surface area contributed by atoms with E-state index in [0.717, 1.165) is 25.9 Å². The van der Waals surface area contributed by atoms with Gasteiger partial charge < -0.3 is 15.8 Å². The fraction of sp³-hybridized carbons (Fsp3) is 0.364. The number of carbonyl (C=O) groups is 1. The molecule has 11 nitrogen and oxygen atoms in total. The molecule has 5 rings (SSSR count). The molecule has 228 valence electrons. The molecule has 0 bridgehead atoms. The minimum atomic E-state index is -0.587. The summed E-state index contributed by atoms with van der Waals surface area (Å²) in [6.07, 6.45) is 5.30. The van der Waals surface area contributed by atoms with Gasteiger partial charge >= 0.3 is 5.69 Å². The molecule has 0 aliphatic carbocycles. The van der Waals surface area contributed by atoms with Gasteiger partial charge in [0.25, 0.3) is 5.91 Å². The number of nitrogens with two attached hydrogens (primary N) is 1. The molecule has 44 heavy (non-hydrogen) atoms. The van der Waals surface area contributed by atoms with Gasteiger partial charge in [-0.25, -0.2) is 14.8 Å². The number of amides is 1. The number of anilines is 1. The molecule has 1 saturated heterocycles. The lowest BCUT2D eigenvalue weighted by Crippen LogP contribution is -2.42. The number of nitrogen functional groups attached to an aromatic ring is 1. The minimum Gasteiger partial charge on any atom is -0.457 e. The van der Waals surface area contributed by atoms with Crippen LogP contribution in [0.1, 0.15) is 40.5 Å². The number of carbonyl (C=O) groups excluding carboxylic acids is 1. The number of ether oxygens (including phenoxy) is 1. The van der Waals surface area contributed by atoms with Gasteiger partial charge in [0.15, 0.2) is 11.5 Å². The number of nitrogens with one attached hydrogen (secondary N) is 1. The molecule has 0 radical (unpaired) electrons. The highest BCUT2D eigenvalue weighted by Gasteiger charge is 2.30. The molecule has 3 N–H and O–H groups in total. The summed E-state index contributed by atoms with van der Waals surface area (Å²) in [6, 6.07) is 18.6. The maximum absolute atomic E-state index is 13.9. The van der Waals surface area contributed by atoms with Crippen LogP contribution < -0.4 is 21.5 Å². The summed E-state index contributed by atoms with van der Waals surface area (Å²) in [5.41, 5.74) is 6.37. The first-order valence-corrected chi connectivity index (χ1v) is 14.7. The van der Waals surface area contributed by atoms with Crippen molar-refractivity contribution in [2.24, 2.45) is 5.41 Å². The fourth-order valence-electron chi connectivity index (χ4n) is 5.56. The highest BCUT2D eigenvalue weighted by atomic mass is 16.5. The highest BCUT2D eigenvalue weighted by molar-refractivity contribution is 5.97. The first-order valence-electron chi connectivity index (χ1n) is 14.7. The van der Waals surface area contributed by atoms with E-state index >= 15 is 0 Å². The Morgan fingerprint density at radius 1 is 1.05 bits per heavy atom. The van der Waals surface area contributed by atoms with E-state index in [2.05, 4.69) is 26.3 Å². The lowest BCUT2D eigenvalue weighted by Gasteiger charge is -2.32. The third-order valence-corrected chi connectivity index (χ3v) is 7.90. The molecule has 4 aromatic rings. The highest BCUT2D eigenvalue weighted by Crippen LogP contribution is 2.27. The van der Waals surface area contributed by atoms with Crippen molar-refractivity contribution in [1.82, 2.24) is 29.3 Å². The zero-order valence-electron chi connectivity index (χ0n) is 25.6. The van der Waals surface area contributed by atoms with Gasteiger partial charge in [-0.1, -0.05) is 32.0 Å². The zero-order valence-corrected chi connectivity index (χ0v) is 25.6. The monoisotopic (exact) mass is 594 g/mol. The summed E-state index contributed by atoms with van der Waals surface area (Å²) in [4.78, 5) is 37.8. The maximum Gasteiger partial charge on any atom is 0.335 e. The number of rotatable bonds is 10. The van der Waals surface area contributed by atoms with Crippen molar-refractivity contribution in [3.05, 3.63) is 83.1 Å². The lowest BCUT2D eigenvalue weighted by atomic mass is 9.93. The Morgan fingerprint density at radius 2 is 1.70 bits per heavy atom. The van der Waals surface area contributed by atoms with Gasteiger partial charge in [0, 0.05) is 24.0 Å². The summed E-state index contributed by atoms with van der Waals surface area (Å²) in [7, 11) is 0. The van der Waals surface area contributed by atoms with E-state index in [9.17, 15) is 14.9 Å². The number of para-hydroxylation sites is 1. The van der Waals surface area contributed by atoms with Gasteiger partial charge in [-0.2, -0.15) is 5.26 Å². The topological polar surface area (TPSA) is 144 Å². The van der Waals surface area contributed by atoms with Crippen LogP contribution in [0.15, 0.2) is 77.4 Å². The maximum atomic E-state index is 13.9. The van der Waals surface area contributed by atoms with Gasteiger partial charge in [0.2, 0.25) is 0 Å². The predicted octanol–water partition coefficient (Wildman–Crippen LogP) is 4.42. The number of nitriles is 1. The number of benzene rings is 2. The molecule has 1 aliphatic heterocycles. The van der Waals surface area contributed by atoms with Crippen molar-refractivity contribution >= 4 is 22.9 Å².